The molecule has 8 nitrogen and oxygen atoms in total. The number of fused-ring (bicyclic) bond motifs is 3. The normalized spacial score (nSPS) is 21.1. The van der Waals surface area contributed by atoms with Gasteiger partial charge < -0.3 is 10.2 Å². The van der Waals surface area contributed by atoms with Crippen molar-refractivity contribution in [3.8, 4) is 0 Å². The number of hydrogen-bond donors (Lipinski definition) is 1. The molecule has 37 heavy (non-hydrogen) atoms. The van der Waals surface area contributed by atoms with Gasteiger partial charge in [0.05, 0.1) is 12.0 Å². The molecule has 5 rings (SSSR count). The number of amides is 3. The zero-order valence-electron chi connectivity index (χ0n) is 21.1. The number of likely N-dealkylation sites (tertiary alicyclic amines) is 1. The highest BCUT2D eigenvalue weighted by Gasteiger charge is 2.59. The van der Waals surface area contributed by atoms with Crippen molar-refractivity contribution in [3.05, 3.63) is 83.5 Å². The highest BCUT2D eigenvalue weighted by Crippen LogP contribution is 2.47. The molecular weight excluding hydrogens is 466 g/mol. The number of benzene rings is 2. The van der Waals surface area contributed by atoms with Crippen molar-refractivity contribution >= 4 is 34.2 Å². The van der Waals surface area contributed by atoms with Gasteiger partial charge in [0.2, 0.25) is 5.91 Å². The molecule has 3 amide bonds. The van der Waals surface area contributed by atoms with Crippen LogP contribution in [0.4, 0.5) is 5.69 Å². The molecule has 1 N–H and O–H groups in total. The fraction of sp³-hybridized carbons (Fsp3) is 0.345. The van der Waals surface area contributed by atoms with Gasteiger partial charge in [-0.2, -0.15) is 0 Å². The van der Waals surface area contributed by atoms with Gasteiger partial charge in [-0.15, -0.1) is 0 Å². The lowest BCUT2D eigenvalue weighted by molar-refractivity contribution is -0.136. The van der Waals surface area contributed by atoms with E-state index in [0.29, 0.717) is 12.0 Å². The Bertz CT molecular complexity index is 1440. The molecular formula is C29H29N5O3. The van der Waals surface area contributed by atoms with Crippen molar-refractivity contribution in [1.82, 2.24) is 14.8 Å². The lowest BCUT2D eigenvalue weighted by atomic mass is 9.80. The van der Waals surface area contributed by atoms with Crippen molar-refractivity contribution in [2.24, 2.45) is 5.92 Å². The summed E-state index contributed by atoms with van der Waals surface area (Å²) in [6, 6.07) is 14.2. The first-order valence-corrected chi connectivity index (χ1v) is 12.4. The number of hydrogen-bond acceptors (Lipinski definition) is 4. The summed E-state index contributed by atoms with van der Waals surface area (Å²) in [5.74, 6) is -0.689. The van der Waals surface area contributed by atoms with Crippen LogP contribution < -0.4 is 5.32 Å². The van der Waals surface area contributed by atoms with Crippen LogP contribution in [0, 0.1) is 12.5 Å². The molecule has 3 atom stereocenters. The van der Waals surface area contributed by atoms with Crippen LogP contribution in [0.2, 0.25) is 0 Å². The summed E-state index contributed by atoms with van der Waals surface area (Å²) in [5, 5.41) is 4.53. The Balaban J connectivity index is 1.48. The van der Waals surface area contributed by atoms with Crippen LogP contribution in [0.1, 0.15) is 42.6 Å². The largest absolute Gasteiger partial charge is 0.330 e. The average Bonchev–Trinajstić information content (AvgIpc) is 3.43. The van der Waals surface area contributed by atoms with Gasteiger partial charge in [-0.05, 0) is 29.4 Å². The Labute approximate surface area is 216 Å². The number of anilines is 1. The monoisotopic (exact) mass is 495 g/mol. The SMILES string of the molecule is [C-]#[N+][C@@H]1C[C@@]2(CN1C(=O)[C@H](CC(C)C)N(C)C(=O)c1cncc3ccccc13)C(=O)Nc1ccccc12. The summed E-state index contributed by atoms with van der Waals surface area (Å²) in [6.45, 7) is 11.9. The number of nitrogens with zero attached hydrogens (tertiary/aromatic N) is 4. The molecule has 0 bridgehead atoms. The molecule has 0 saturated carbocycles. The number of nitrogens with one attached hydrogen (secondary N) is 1. The van der Waals surface area contributed by atoms with Crippen LogP contribution in [-0.2, 0) is 15.0 Å². The molecule has 3 heterocycles. The van der Waals surface area contributed by atoms with E-state index in [1.54, 1.807) is 13.2 Å². The van der Waals surface area contributed by atoms with Gasteiger partial charge in [-0.1, -0.05) is 56.3 Å². The number of pyridine rings is 1. The minimum Gasteiger partial charge on any atom is -0.330 e. The Hall–Kier alpha value is -4.25. The van der Waals surface area contributed by atoms with E-state index < -0.39 is 17.6 Å². The van der Waals surface area contributed by atoms with E-state index in [1.165, 1.54) is 16.0 Å². The third-order valence-corrected chi connectivity index (χ3v) is 7.55. The van der Waals surface area contributed by atoms with Crippen molar-refractivity contribution in [2.75, 3.05) is 18.9 Å². The second kappa shape index (κ2) is 9.32. The Morgan fingerprint density at radius 1 is 1.19 bits per heavy atom. The number of para-hydroxylation sites is 1. The smallest absolute Gasteiger partial charge is 0.302 e. The van der Waals surface area contributed by atoms with Gasteiger partial charge in [-0.25, -0.2) is 6.57 Å². The van der Waals surface area contributed by atoms with Crippen LogP contribution in [0.15, 0.2) is 60.9 Å². The predicted molar refractivity (Wildman–Crippen MR) is 141 cm³/mol. The average molecular weight is 496 g/mol. The van der Waals surface area contributed by atoms with Crippen molar-refractivity contribution in [1.29, 1.82) is 0 Å². The summed E-state index contributed by atoms with van der Waals surface area (Å²) in [7, 11) is 1.63. The van der Waals surface area contributed by atoms with Crippen LogP contribution in [-0.4, -0.2) is 58.3 Å². The van der Waals surface area contributed by atoms with Gasteiger partial charge >= 0.3 is 6.17 Å². The number of rotatable bonds is 5. The number of likely N-dealkylation sites (N-methyl/N-ethyl adjacent to an activating group) is 1. The van der Waals surface area contributed by atoms with E-state index in [4.69, 9.17) is 6.57 Å². The minimum absolute atomic E-state index is 0.105. The van der Waals surface area contributed by atoms with Crippen LogP contribution in [0.25, 0.3) is 15.6 Å². The summed E-state index contributed by atoms with van der Waals surface area (Å²) in [5.41, 5.74) is 0.993. The van der Waals surface area contributed by atoms with Crippen LogP contribution in [0.3, 0.4) is 0 Å². The Morgan fingerprint density at radius 2 is 1.92 bits per heavy atom. The van der Waals surface area contributed by atoms with Gasteiger partial charge in [-0.3, -0.25) is 29.1 Å². The number of carbonyl (C=O) groups excluding carboxylic acids is 3. The molecule has 8 heteroatoms. The van der Waals surface area contributed by atoms with Gasteiger partial charge in [0.15, 0.2) is 0 Å². The van der Waals surface area contributed by atoms with Crippen molar-refractivity contribution in [3.63, 3.8) is 0 Å². The molecule has 1 fully saturated rings. The lowest BCUT2D eigenvalue weighted by Crippen LogP contribution is -2.51. The molecule has 1 spiro atoms. The predicted octanol–water partition coefficient (Wildman–Crippen LogP) is 4.09. The van der Waals surface area contributed by atoms with E-state index in [0.717, 1.165) is 22.0 Å². The van der Waals surface area contributed by atoms with E-state index in [-0.39, 0.29) is 36.6 Å². The second-order valence-corrected chi connectivity index (χ2v) is 10.3. The van der Waals surface area contributed by atoms with Gasteiger partial charge in [0.25, 0.3) is 11.8 Å². The maximum absolute atomic E-state index is 14.1. The lowest BCUT2D eigenvalue weighted by Gasteiger charge is -2.32. The topological polar surface area (TPSA) is 87.0 Å². The number of aromatic nitrogens is 1. The molecule has 3 aromatic rings. The third-order valence-electron chi connectivity index (χ3n) is 7.55. The van der Waals surface area contributed by atoms with E-state index in [1.807, 2.05) is 62.4 Å². The first-order chi connectivity index (χ1) is 17.8. The fourth-order valence-corrected chi connectivity index (χ4v) is 5.64. The Morgan fingerprint density at radius 3 is 2.68 bits per heavy atom. The van der Waals surface area contributed by atoms with Crippen LogP contribution in [0.5, 0.6) is 0 Å². The first-order valence-electron chi connectivity index (χ1n) is 12.4. The van der Waals surface area contributed by atoms with Crippen molar-refractivity contribution in [2.45, 2.75) is 44.3 Å². The third kappa shape index (κ3) is 4.01. The molecule has 0 aliphatic carbocycles. The number of carbonyl (C=O) groups is 3. The van der Waals surface area contributed by atoms with Crippen LogP contribution >= 0.6 is 0 Å². The molecule has 0 unspecified atom stereocenters. The highest BCUT2D eigenvalue weighted by molar-refractivity contribution is 6.09. The van der Waals surface area contributed by atoms with E-state index in [2.05, 4.69) is 15.1 Å². The van der Waals surface area contributed by atoms with Gasteiger partial charge in [0.1, 0.15) is 11.5 Å². The Kier molecular flexibility index (Phi) is 6.16. The molecule has 1 saturated heterocycles. The quantitative estimate of drug-likeness (QED) is 0.540. The minimum atomic E-state index is -0.966. The standard InChI is InChI=1S/C29H29N5O3/c1-18(2)13-24(33(4)26(35)21-16-31-15-19-9-5-6-10-20(19)21)27(36)34-17-29(14-25(34)30-3)22-11-7-8-12-23(22)32-28(29)37/h5-12,15-16,18,24-25H,13-14,17H2,1-2,4H3,(H,32,37)/t24-,25-,29-/m0/s1. The summed E-state index contributed by atoms with van der Waals surface area (Å²) < 4.78 is 0. The maximum Gasteiger partial charge on any atom is 0.302 e. The molecule has 0 radical (unpaired) electrons. The summed E-state index contributed by atoms with van der Waals surface area (Å²) in [6.07, 6.45) is 3.10. The second-order valence-electron chi connectivity index (χ2n) is 10.3. The molecule has 2 aromatic carbocycles. The molecule has 1 aromatic heterocycles. The summed E-state index contributed by atoms with van der Waals surface area (Å²) in [4.78, 5) is 51.9. The highest BCUT2D eigenvalue weighted by atomic mass is 16.2. The van der Waals surface area contributed by atoms with Crippen molar-refractivity contribution < 1.29 is 14.4 Å². The zero-order chi connectivity index (χ0) is 26.3. The van der Waals surface area contributed by atoms with E-state index >= 15 is 0 Å². The van der Waals surface area contributed by atoms with Gasteiger partial charge in [0, 0.05) is 37.1 Å². The zero-order valence-corrected chi connectivity index (χ0v) is 21.1. The molecule has 2 aliphatic heterocycles. The molecule has 188 valence electrons. The fourth-order valence-electron chi connectivity index (χ4n) is 5.64. The van der Waals surface area contributed by atoms with E-state index in [9.17, 15) is 14.4 Å². The first kappa shape index (κ1) is 24.4. The molecule has 2 aliphatic rings. The summed E-state index contributed by atoms with van der Waals surface area (Å²) >= 11 is 0. The maximum atomic E-state index is 14.1.